The van der Waals surface area contributed by atoms with Crippen molar-refractivity contribution in [2.45, 2.75) is 39.7 Å². The van der Waals surface area contributed by atoms with Crippen molar-refractivity contribution in [2.24, 2.45) is 10.9 Å². The Morgan fingerprint density at radius 2 is 1.91 bits per heavy atom. The van der Waals surface area contributed by atoms with Crippen LogP contribution in [0.5, 0.6) is 0 Å². The minimum absolute atomic E-state index is 0.179. The Balaban J connectivity index is 3.61. The molecule has 0 radical (unpaired) electrons. The van der Waals surface area contributed by atoms with E-state index < -0.39 is 0 Å². The monoisotopic (exact) mass is 157 g/mol. The van der Waals surface area contributed by atoms with Crippen LogP contribution in [0.3, 0.4) is 0 Å². The summed E-state index contributed by atoms with van der Waals surface area (Å²) in [6, 6.07) is 0. The van der Waals surface area contributed by atoms with Crippen LogP contribution in [0.25, 0.3) is 0 Å². The lowest BCUT2D eigenvalue weighted by molar-refractivity contribution is 0.178. The summed E-state index contributed by atoms with van der Waals surface area (Å²) in [7, 11) is 1.81. The summed E-state index contributed by atoms with van der Waals surface area (Å²) < 4.78 is 0. The molecule has 2 atom stereocenters. The Kier molecular flexibility index (Phi) is 5.12. The molecule has 0 aliphatic carbocycles. The highest BCUT2D eigenvalue weighted by molar-refractivity contribution is 5.83. The van der Waals surface area contributed by atoms with Gasteiger partial charge < -0.3 is 5.11 Å². The molecule has 0 aliphatic rings. The quantitative estimate of drug-likeness (QED) is 0.621. The summed E-state index contributed by atoms with van der Waals surface area (Å²) in [5, 5.41) is 9.02. The summed E-state index contributed by atoms with van der Waals surface area (Å²) in [5.74, 6) is 0.509. The largest absolute Gasteiger partial charge is 0.393 e. The molecule has 0 spiro atoms. The first-order valence-electron chi connectivity index (χ1n) is 4.19. The molecular formula is C9H19NO. The topological polar surface area (TPSA) is 32.6 Å². The van der Waals surface area contributed by atoms with Crippen LogP contribution in [0, 0.1) is 5.92 Å². The predicted molar refractivity (Wildman–Crippen MR) is 49.1 cm³/mol. The zero-order valence-electron chi connectivity index (χ0n) is 7.96. The van der Waals surface area contributed by atoms with E-state index in [-0.39, 0.29) is 6.10 Å². The summed E-state index contributed by atoms with van der Waals surface area (Å²) in [6.45, 7) is 6.00. The smallest absolute Gasteiger partial charge is 0.0512 e. The Labute approximate surface area is 69.3 Å². The summed E-state index contributed by atoms with van der Waals surface area (Å²) in [5.41, 5.74) is 1.17. The fourth-order valence-electron chi connectivity index (χ4n) is 0.920. The van der Waals surface area contributed by atoms with E-state index in [1.165, 1.54) is 5.71 Å². The third-order valence-electron chi connectivity index (χ3n) is 2.08. The maximum atomic E-state index is 9.02. The van der Waals surface area contributed by atoms with Crippen LogP contribution in [0.15, 0.2) is 4.99 Å². The van der Waals surface area contributed by atoms with Crippen LogP contribution >= 0.6 is 0 Å². The van der Waals surface area contributed by atoms with E-state index in [2.05, 4.69) is 11.9 Å². The van der Waals surface area contributed by atoms with E-state index in [0.717, 1.165) is 12.8 Å². The van der Waals surface area contributed by atoms with Crippen LogP contribution in [0.1, 0.15) is 33.6 Å². The molecule has 0 aromatic carbocycles. The van der Waals surface area contributed by atoms with Crippen LogP contribution in [0.4, 0.5) is 0 Å². The van der Waals surface area contributed by atoms with Crippen LogP contribution in [-0.2, 0) is 0 Å². The molecule has 0 saturated heterocycles. The van der Waals surface area contributed by atoms with Gasteiger partial charge in [0.1, 0.15) is 0 Å². The van der Waals surface area contributed by atoms with Gasteiger partial charge in [-0.1, -0.05) is 6.92 Å². The number of hydrogen-bond acceptors (Lipinski definition) is 2. The van der Waals surface area contributed by atoms with Crippen LogP contribution in [0.2, 0.25) is 0 Å². The Morgan fingerprint density at radius 3 is 2.27 bits per heavy atom. The zero-order chi connectivity index (χ0) is 8.85. The van der Waals surface area contributed by atoms with E-state index in [0.29, 0.717) is 5.92 Å². The Bertz CT molecular complexity index is 130. The van der Waals surface area contributed by atoms with Gasteiger partial charge in [0.05, 0.1) is 6.10 Å². The fraction of sp³-hybridized carbons (Fsp3) is 0.889. The number of aliphatic imine (C=N–C) groups is 1. The lowest BCUT2D eigenvalue weighted by Gasteiger charge is -2.11. The van der Waals surface area contributed by atoms with E-state index >= 15 is 0 Å². The summed E-state index contributed by atoms with van der Waals surface area (Å²) in [6.07, 6.45) is 1.72. The third-order valence-corrected chi connectivity index (χ3v) is 2.08. The maximum absolute atomic E-state index is 9.02. The molecule has 0 saturated carbocycles. The molecule has 0 fully saturated rings. The average molecular weight is 157 g/mol. The second-order valence-corrected chi connectivity index (χ2v) is 3.19. The van der Waals surface area contributed by atoms with Crippen molar-refractivity contribution in [2.75, 3.05) is 7.05 Å². The molecule has 11 heavy (non-hydrogen) atoms. The molecule has 66 valence electrons. The molecule has 2 heteroatoms. The number of aliphatic hydroxyl groups excluding tert-OH is 1. The molecule has 1 N–H and O–H groups in total. The molecule has 0 heterocycles. The van der Waals surface area contributed by atoms with Gasteiger partial charge in [0, 0.05) is 12.8 Å². The molecule has 0 aromatic rings. The van der Waals surface area contributed by atoms with Crippen molar-refractivity contribution >= 4 is 5.71 Å². The van der Waals surface area contributed by atoms with Gasteiger partial charge in [-0.3, -0.25) is 4.99 Å². The van der Waals surface area contributed by atoms with Crippen LogP contribution in [-0.4, -0.2) is 24.0 Å². The molecule has 0 aliphatic heterocycles. The van der Waals surface area contributed by atoms with Crippen molar-refractivity contribution in [3.05, 3.63) is 0 Å². The normalized spacial score (nSPS) is 18.1. The highest BCUT2D eigenvalue weighted by Gasteiger charge is 2.06. The number of nitrogens with zero attached hydrogens (tertiary/aromatic N) is 1. The van der Waals surface area contributed by atoms with Crippen molar-refractivity contribution in [1.29, 1.82) is 0 Å². The van der Waals surface area contributed by atoms with Crippen molar-refractivity contribution in [3.8, 4) is 0 Å². The van der Waals surface area contributed by atoms with Gasteiger partial charge in [-0.25, -0.2) is 0 Å². The Morgan fingerprint density at radius 1 is 1.36 bits per heavy atom. The molecule has 0 bridgehead atoms. The second-order valence-electron chi connectivity index (χ2n) is 3.19. The van der Waals surface area contributed by atoms with Gasteiger partial charge in [-0.15, -0.1) is 0 Å². The minimum Gasteiger partial charge on any atom is -0.393 e. The fourth-order valence-corrected chi connectivity index (χ4v) is 0.920. The highest BCUT2D eigenvalue weighted by atomic mass is 16.3. The lowest BCUT2D eigenvalue weighted by Crippen LogP contribution is -2.10. The molecule has 2 nitrogen and oxygen atoms in total. The van der Waals surface area contributed by atoms with Gasteiger partial charge in [0.25, 0.3) is 0 Å². The first kappa shape index (κ1) is 10.6. The van der Waals surface area contributed by atoms with E-state index in [1.807, 2.05) is 20.9 Å². The average Bonchev–Trinajstić information content (AvgIpc) is 1.98. The van der Waals surface area contributed by atoms with Gasteiger partial charge in [0.2, 0.25) is 0 Å². The zero-order valence-corrected chi connectivity index (χ0v) is 7.96. The molecule has 2 unspecified atom stereocenters. The van der Waals surface area contributed by atoms with Gasteiger partial charge >= 0.3 is 0 Å². The lowest BCUT2D eigenvalue weighted by atomic mass is 9.99. The Hall–Kier alpha value is -0.370. The predicted octanol–water partition coefficient (Wildman–Crippen LogP) is 1.87. The second kappa shape index (κ2) is 5.30. The van der Waals surface area contributed by atoms with Crippen molar-refractivity contribution in [1.82, 2.24) is 0 Å². The van der Waals surface area contributed by atoms with Gasteiger partial charge in [-0.2, -0.15) is 0 Å². The highest BCUT2D eigenvalue weighted by Crippen LogP contribution is 2.09. The van der Waals surface area contributed by atoms with E-state index in [4.69, 9.17) is 5.11 Å². The third kappa shape index (κ3) is 4.96. The minimum atomic E-state index is -0.179. The number of rotatable bonds is 4. The SMILES string of the molecule is C/N=C(/C)C(C)CCC(C)O. The standard InChI is InChI=1S/C9H19NO/c1-7(9(3)10-4)5-6-8(2)11/h7-8,11H,5-6H2,1-4H3/b10-9-. The van der Waals surface area contributed by atoms with E-state index in [1.54, 1.807) is 0 Å². The summed E-state index contributed by atoms with van der Waals surface area (Å²) in [4.78, 5) is 4.10. The molecule has 0 amide bonds. The molecule has 0 aromatic heterocycles. The van der Waals surface area contributed by atoms with E-state index in [9.17, 15) is 0 Å². The van der Waals surface area contributed by atoms with Crippen LogP contribution < -0.4 is 0 Å². The maximum Gasteiger partial charge on any atom is 0.0512 e. The number of hydrogen-bond donors (Lipinski definition) is 1. The van der Waals surface area contributed by atoms with Crippen molar-refractivity contribution < 1.29 is 5.11 Å². The summed E-state index contributed by atoms with van der Waals surface area (Å²) >= 11 is 0. The van der Waals surface area contributed by atoms with Gasteiger partial charge in [-0.05, 0) is 32.6 Å². The van der Waals surface area contributed by atoms with Gasteiger partial charge in [0.15, 0.2) is 0 Å². The molecule has 0 rings (SSSR count). The first-order chi connectivity index (χ1) is 5.07. The first-order valence-corrected chi connectivity index (χ1v) is 4.19. The number of aliphatic hydroxyl groups is 1. The molecular weight excluding hydrogens is 138 g/mol. The van der Waals surface area contributed by atoms with Crippen molar-refractivity contribution in [3.63, 3.8) is 0 Å².